The molecule has 0 bridgehead atoms. The molecule has 2 aliphatic rings. The summed E-state index contributed by atoms with van der Waals surface area (Å²) < 4.78 is 60.3. The summed E-state index contributed by atoms with van der Waals surface area (Å²) in [6.07, 6.45) is -3.15. The van der Waals surface area contributed by atoms with Gasteiger partial charge in [-0.05, 0) is 48.1 Å². The van der Waals surface area contributed by atoms with E-state index in [0.717, 1.165) is 41.8 Å². The third kappa shape index (κ3) is 8.78. The molecule has 4 aromatic rings. The smallest absolute Gasteiger partial charge is 0.369 e. The van der Waals surface area contributed by atoms with E-state index in [-0.39, 0.29) is 30.3 Å². The lowest BCUT2D eigenvalue weighted by Crippen LogP contribution is -2.63. The molecule has 6 nitrogen and oxygen atoms in total. The first-order chi connectivity index (χ1) is 22.8. The highest BCUT2D eigenvalue weighted by molar-refractivity contribution is 5.43. The van der Waals surface area contributed by atoms with Gasteiger partial charge in [-0.1, -0.05) is 91.0 Å². The second-order valence-corrected chi connectivity index (χ2v) is 12.6. The molecule has 47 heavy (non-hydrogen) atoms. The number of pyridine rings is 1. The standard InChI is InChI=1S/C38H42F3N3O3/c1-28-36(46-26-30-13-7-3-8-14-30)37(47-27-31-15-9-4-10-16-31)34(45-25-29-11-5-2-6-12-29)24-44(28)23-32-18-20-43(22-32)35-21-33(17-19-42-35)38(39,40)41/h2-17,19,21,28,32,34,36-37H,18,20,22-27H2,1H3/t28-,32+,34+,36-,37-/m1/s1. The fourth-order valence-corrected chi connectivity index (χ4v) is 6.62. The third-order valence-electron chi connectivity index (χ3n) is 9.21. The Hall–Kier alpha value is -3.76. The number of aromatic nitrogens is 1. The maximum atomic E-state index is 13.4. The van der Waals surface area contributed by atoms with Crippen molar-refractivity contribution in [1.29, 1.82) is 0 Å². The summed E-state index contributed by atoms with van der Waals surface area (Å²) in [4.78, 5) is 8.66. The summed E-state index contributed by atoms with van der Waals surface area (Å²) in [5.74, 6) is 0.622. The number of hydrogen-bond acceptors (Lipinski definition) is 6. The summed E-state index contributed by atoms with van der Waals surface area (Å²) in [6, 6.07) is 32.6. The highest BCUT2D eigenvalue weighted by Gasteiger charge is 2.45. The van der Waals surface area contributed by atoms with Crippen LogP contribution in [0.2, 0.25) is 0 Å². The Morgan fingerprint density at radius 1 is 0.723 bits per heavy atom. The van der Waals surface area contributed by atoms with E-state index in [2.05, 4.69) is 53.2 Å². The van der Waals surface area contributed by atoms with E-state index in [0.29, 0.717) is 45.3 Å². The molecule has 3 aromatic carbocycles. The number of rotatable bonds is 12. The molecule has 2 aliphatic heterocycles. The Morgan fingerprint density at radius 2 is 1.28 bits per heavy atom. The van der Waals surface area contributed by atoms with Crippen LogP contribution in [0.25, 0.3) is 0 Å². The van der Waals surface area contributed by atoms with Crippen LogP contribution in [-0.4, -0.2) is 60.4 Å². The first kappa shape index (κ1) is 33.2. The lowest BCUT2D eigenvalue weighted by atomic mass is 9.92. The van der Waals surface area contributed by atoms with E-state index >= 15 is 0 Å². The van der Waals surface area contributed by atoms with Crippen LogP contribution in [0.5, 0.6) is 0 Å². The van der Waals surface area contributed by atoms with Crippen LogP contribution in [0, 0.1) is 5.92 Å². The zero-order valence-electron chi connectivity index (χ0n) is 26.6. The van der Waals surface area contributed by atoms with Crippen LogP contribution in [0.15, 0.2) is 109 Å². The zero-order valence-corrected chi connectivity index (χ0v) is 26.6. The average Bonchev–Trinajstić information content (AvgIpc) is 3.57. The molecule has 2 fully saturated rings. The van der Waals surface area contributed by atoms with Crippen molar-refractivity contribution in [2.24, 2.45) is 5.92 Å². The molecule has 6 rings (SSSR count). The Kier molecular flexibility index (Phi) is 10.9. The molecule has 0 aliphatic carbocycles. The number of benzene rings is 3. The van der Waals surface area contributed by atoms with Gasteiger partial charge in [-0.15, -0.1) is 0 Å². The number of hydrogen-bond donors (Lipinski definition) is 0. The van der Waals surface area contributed by atoms with Gasteiger partial charge in [-0.3, -0.25) is 4.90 Å². The SMILES string of the molecule is C[C@@H]1[C@@H](OCc2ccccc2)[C@H](OCc2ccccc2)[C@@H](OCc2ccccc2)CN1C[C@H]1CCN(c2cc(C(F)(F)F)ccn2)C1. The highest BCUT2D eigenvalue weighted by atomic mass is 19.4. The second kappa shape index (κ2) is 15.4. The Bertz CT molecular complexity index is 1530. The first-order valence-corrected chi connectivity index (χ1v) is 16.3. The van der Waals surface area contributed by atoms with Gasteiger partial charge in [0, 0.05) is 38.4 Å². The van der Waals surface area contributed by atoms with Gasteiger partial charge in [-0.25, -0.2) is 4.98 Å². The van der Waals surface area contributed by atoms with E-state index in [1.807, 2.05) is 59.5 Å². The third-order valence-corrected chi connectivity index (χ3v) is 9.21. The van der Waals surface area contributed by atoms with E-state index in [4.69, 9.17) is 14.2 Å². The molecule has 248 valence electrons. The van der Waals surface area contributed by atoms with Gasteiger partial charge in [-0.2, -0.15) is 13.2 Å². The molecule has 9 heteroatoms. The van der Waals surface area contributed by atoms with Crippen molar-refractivity contribution in [2.75, 3.05) is 31.1 Å². The van der Waals surface area contributed by atoms with Gasteiger partial charge in [0.05, 0.1) is 31.5 Å². The van der Waals surface area contributed by atoms with E-state index in [1.165, 1.54) is 6.20 Å². The molecule has 0 N–H and O–H groups in total. The molecule has 0 amide bonds. The monoisotopic (exact) mass is 645 g/mol. The van der Waals surface area contributed by atoms with E-state index < -0.39 is 11.7 Å². The number of alkyl halides is 3. The quantitative estimate of drug-likeness (QED) is 0.160. The largest absolute Gasteiger partial charge is 0.416 e. The average molecular weight is 646 g/mol. The summed E-state index contributed by atoms with van der Waals surface area (Å²) in [6.45, 7) is 6.22. The molecule has 1 aromatic heterocycles. The Morgan fingerprint density at radius 3 is 1.85 bits per heavy atom. The molecular weight excluding hydrogens is 603 g/mol. The van der Waals surface area contributed by atoms with Crippen LogP contribution in [0.3, 0.4) is 0 Å². The number of piperidine rings is 1. The number of anilines is 1. The van der Waals surface area contributed by atoms with E-state index in [1.54, 1.807) is 0 Å². The van der Waals surface area contributed by atoms with Crippen molar-refractivity contribution in [1.82, 2.24) is 9.88 Å². The van der Waals surface area contributed by atoms with Gasteiger partial charge in [0.2, 0.25) is 0 Å². The summed E-state index contributed by atoms with van der Waals surface area (Å²) in [5, 5.41) is 0. The molecule has 3 heterocycles. The minimum Gasteiger partial charge on any atom is -0.369 e. The van der Waals surface area contributed by atoms with Crippen LogP contribution >= 0.6 is 0 Å². The number of ether oxygens (including phenoxy) is 3. The maximum absolute atomic E-state index is 13.4. The minimum atomic E-state index is -4.40. The second-order valence-electron chi connectivity index (χ2n) is 12.6. The Balaban J connectivity index is 1.21. The lowest BCUT2D eigenvalue weighted by molar-refractivity contribution is -0.201. The first-order valence-electron chi connectivity index (χ1n) is 16.3. The summed E-state index contributed by atoms with van der Waals surface area (Å²) >= 11 is 0. The fraction of sp³-hybridized carbons (Fsp3) is 0.395. The van der Waals surface area contributed by atoms with Gasteiger partial charge >= 0.3 is 6.18 Å². The van der Waals surface area contributed by atoms with Crippen LogP contribution in [-0.2, 0) is 40.2 Å². The Labute approximate surface area is 275 Å². The van der Waals surface area contributed by atoms with Gasteiger partial charge in [0.1, 0.15) is 18.0 Å². The van der Waals surface area contributed by atoms with E-state index in [9.17, 15) is 13.2 Å². The van der Waals surface area contributed by atoms with Crippen molar-refractivity contribution < 1.29 is 27.4 Å². The van der Waals surface area contributed by atoms with Gasteiger partial charge < -0.3 is 19.1 Å². The van der Waals surface area contributed by atoms with Crippen LogP contribution < -0.4 is 4.90 Å². The van der Waals surface area contributed by atoms with Crippen molar-refractivity contribution in [3.63, 3.8) is 0 Å². The molecule has 0 spiro atoms. The number of likely N-dealkylation sites (tertiary alicyclic amines) is 1. The molecular formula is C38H42F3N3O3. The van der Waals surface area contributed by atoms with Gasteiger partial charge in [0.25, 0.3) is 0 Å². The molecule has 0 saturated carbocycles. The van der Waals surface area contributed by atoms with Crippen LogP contribution in [0.4, 0.5) is 19.0 Å². The van der Waals surface area contributed by atoms with Crippen LogP contribution in [0.1, 0.15) is 35.6 Å². The number of nitrogens with zero attached hydrogens (tertiary/aromatic N) is 3. The topological polar surface area (TPSA) is 47.1 Å². The molecule has 2 saturated heterocycles. The number of halogens is 3. The predicted molar refractivity (Wildman–Crippen MR) is 176 cm³/mol. The molecule has 0 unspecified atom stereocenters. The highest BCUT2D eigenvalue weighted by Crippen LogP contribution is 2.34. The predicted octanol–water partition coefficient (Wildman–Crippen LogP) is 7.39. The summed E-state index contributed by atoms with van der Waals surface area (Å²) in [5.41, 5.74) is 2.58. The van der Waals surface area contributed by atoms with Crippen molar-refractivity contribution >= 4 is 5.82 Å². The lowest BCUT2D eigenvalue weighted by Gasteiger charge is -2.48. The van der Waals surface area contributed by atoms with Crippen molar-refractivity contribution in [3.05, 3.63) is 132 Å². The molecule has 0 radical (unpaired) electrons. The fourth-order valence-electron chi connectivity index (χ4n) is 6.62. The van der Waals surface area contributed by atoms with Gasteiger partial charge in [0.15, 0.2) is 0 Å². The maximum Gasteiger partial charge on any atom is 0.416 e. The van der Waals surface area contributed by atoms with Crippen molar-refractivity contribution in [3.8, 4) is 0 Å². The normalized spacial score (nSPS) is 23.7. The zero-order chi connectivity index (χ0) is 32.6. The van der Waals surface area contributed by atoms with Crippen molar-refractivity contribution in [2.45, 2.75) is 63.7 Å². The summed E-state index contributed by atoms with van der Waals surface area (Å²) in [7, 11) is 0. The minimum absolute atomic E-state index is 0.0109. The molecule has 5 atom stereocenters.